The first-order chi connectivity index (χ1) is 7.02. The van der Waals surface area contributed by atoms with Gasteiger partial charge in [-0.3, -0.25) is 4.79 Å². The third-order valence-corrected chi connectivity index (χ3v) is 2.87. The van der Waals surface area contributed by atoms with Crippen LogP contribution in [0.15, 0.2) is 12.3 Å². The standard InChI is InChI=1S/C11H12BrNO2/c1-11(2)4-7-3-8(9(14)5-12)13-6-10(7)15-11/h3,6H,4-5H2,1-2H3. The minimum atomic E-state index is -0.180. The molecule has 0 atom stereocenters. The smallest absolute Gasteiger partial charge is 0.191 e. The Bertz CT molecular complexity index is 415. The fourth-order valence-corrected chi connectivity index (χ4v) is 2.02. The lowest BCUT2D eigenvalue weighted by atomic mass is 10.0. The van der Waals surface area contributed by atoms with Crippen LogP contribution in [0, 0.1) is 0 Å². The topological polar surface area (TPSA) is 39.2 Å². The molecule has 0 spiro atoms. The molecular formula is C11H12BrNO2. The largest absolute Gasteiger partial charge is 0.486 e. The molecule has 0 aliphatic carbocycles. The van der Waals surface area contributed by atoms with E-state index in [2.05, 4.69) is 20.9 Å². The van der Waals surface area contributed by atoms with Crippen molar-refractivity contribution in [1.82, 2.24) is 4.98 Å². The van der Waals surface area contributed by atoms with Crippen molar-refractivity contribution in [3.63, 3.8) is 0 Å². The number of ketones is 1. The van der Waals surface area contributed by atoms with Crippen molar-refractivity contribution in [2.45, 2.75) is 25.9 Å². The van der Waals surface area contributed by atoms with Gasteiger partial charge < -0.3 is 4.74 Å². The molecule has 1 aliphatic heterocycles. The maximum Gasteiger partial charge on any atom is 0.191 e. The van der Waals surface area contributed by atoms with Crippen LogP contribution in [0.2, 0.25) is 0 Å². The van der Waals surface area contributed by atoms with Crippen LogP contribution in [0.5, 0.6) is 5.75 Å². The summed E-state index contributed by atoms with van der Waals surface area (Å²) in [6.07, 6.45) is 2.47. The molecule has 0 bridgehead atoms. The number of aromatic nitrogens is 1. The molecule has 0 amide bonds. The zero-order valence-corrected chi connectivity index (χ0v) is 10.3. The summed E-state index contributed by atoms with van der Waals surface area (Å²) in [5, 5.41) is 0.309. The lowest BCUT2D eigenvalue weighted by Crippen LogP contribution is -2.24. The number of rotatable bonds is 2. The third-order valence-electron chi connectivity index (χ3n) is 2.36. The van der Waals surface area contributed by atoms with Gasteiger partial charge in [-0.15, -0.1) is 0 Å². The number of halogens is 1. The van der Waals surface area contributed by atoms with Crippen molar-refractivity contribution < 1.29 is 9.53 Å². The van der Waals surface area contributed by atoms with Crippen molar-refractivity contribution in [2.24, 2.45) is 0 Å². The second kappa shape index (κ2) is 3.59. The zero-order chi connectivity index (χ0) is 11.1. The highest BCUT2D eigenvalue weighted by Gasteiger charge is 2.30. The Hall–Kier alpha value is -0.900. The number of pyridine rings is 1. The van der Waals surface area contributed by atoms with Gasteiger partial charge in [-0.1, -0.05) is 15.9 Å². The van der Waals surface area contributed by atoms with Gasteiger partial charge in [0.1, 0.15) is 17.0 Å². The van der Waals surface area contributed by atoms with E-state index in [1.807, 2.05) is 19.9 Å². The molecule has 0 saturated heterocycles. The number of nitrogens with zero attached hydrogens (tertiary/aromatic N) is 1. The Kier molecular flexibility index (Phi) is 2.54. The first-order valence-electron chi connectivity index (χ1n) is 4.79. The first-order valence-corrected chi connectivity index (χ1v) is 5.91. The molecule has 2 rings (SSSR count). The van der Waals surface area contributed by atoms with E-state index in [9.17, 15) is 4.79 Å². The molecule has 0 aromatic carbocycles. The Balaban J connectivity index is 2.34. The molecule has 1 aromatic heterocycles. The van der Waals surface area contributed by atoms with Crippen LogP contribution in [-0.4, -0.2) is 21.7 Å². The average Bonchev–Trinajstić information content (AvgIpc) is 2.49. The summed E-state index contributed by atoms with van der Waals surface area (Å²) in [6, 6.07) is 1.83. The number of carbonyl (C=O) groups is 1. The maximum atomic E-state index is 11.4. The third kappa shape index (κ3) is 2.04. The molecule has 1 aromatic rings. The summed E-state index contributed by atoms with van der Waals surface area (Å²) in [5.74, 6) is 0.800. The van der Waals surface area contributed by atoms with Crippen molar-refractivity contribution in [3.8, 4) is 5.75 Å². The molecule has 0 N–H and O–H groups in total. The first kappa shape index (κ1) is 10.6. The van der Waals surface area contributed by atoms with Crippen molar-refractivity contribution in [3.05, 3.63) is 23.5 Å². The summed E-state index contributed by atoms with van der Waals surface area (Å²) >= 11 is 3.13. The number of hydrogen-bond acceptors (Lipinski definition) is 3. The number of ether oxygens (including phenoxy) is 1. The SMILES string of the molecule is CC1(C)Cc2cc(C(=O)CBr)ncc2O1. The van der Waals surface area contributed by atoms with Crippen molar-refractivity contribution in [1.29, 1.82) is 0 Å². The van der Waals surface area contributed by atoms with E-state index in [1.54, 1.807) is 6.20 Å². The van der Waals surface area contributed by atoms with Gasteiger partial charge in [-0.25, -0.2) is 4.98 Å². The van der Waals surface area contributed by atoms with E-state index >= 15 is 0 Å². The van der Waals surface area contributed by atoms with E-state index in [-0.39, 0.29) is 11.4 Å². The van der Waals surface area contributed by atoms with Crippen LogP contribution >= 0.6 is 15.9 Å². The predicted molar refractivity (Wildman–Crippen MR) is 60.8 cm³/mol. The molecular weight excluding hydrogens is 258 g/mol. The Morgan fingerprint density at radius 2 is 2.40 bits per heavy atom. The van der Waals surface area contributed by atoms with Crippen LogP contribution in [-0.2, 0) is 6.42 Å². The second-order valence-corrected chi connectivity index (χ2v) is 4.83. The van der Waals surface area contributed by atoms with E-state index in [0.29, 0.717) is 11.0 Å². The highest BCUT2D eigenvalue weighted by molar-refractivity contribution is 9.09. The zero-order valence-electron chi connectivity index (χ0n) is 8.71. The lowest BCUT2D eigenvalue weighted by Gasteiger charge is -2.16. The van der Waals surface area contributed by atoms with Crippen molar-refractivity contribution in [2.75, 3.05) is 5.33 Å². The summed E-state index contributed by atoms with van der Waals surface area (Å²) in [7, 11) is 0. The predicted octanol–water partition coefficient (Wildman–Crippen LogP) is 2.37. The Labute approximate surface area is 97.0 Å². The summed E-state index contributed by atoms with van der Waals surface area (Å²) in [6.45, 7) is 4.05. The number of Topliss-reactive ketones (excluding diaryl/α,β-unsaturated/α-hetero) is 1. The highest BCUT2D eigenvalue weighted by atomic mass is 79.9. The molecule has 80 valence electrons. The fourth-order valence-electron chi connectivity index (χ4n) is 1.73. The molecule has 0 radical (unpaired) electrons. The van der Waals surface area contributed by atoms with Crippen LogP contribution in [0.1, 0.15) is 29.9 Å². The van der Waals surface area contributed by atoms with Gasteiger partial charge >= 0.3 is 0 Å². The van der Waals surface area contributed by atoms with Gasteiger partial charge in [0.05, 0.1) is 11.5 Å². The van der Waals surface area contributed by atoms with Crippen LogP contribution in [0.25, 0.3) is 0 Å². The number of hydrogen-bond donors (Lipinski definition) is 0. The van der Waals surface area contributed by atoms with Crippen molar-refractivity contribution >= 4 is 21.7 Å². The summed E-state index contributed by atoms with van der Waals surface area (Å²) in [5.41, 5.74) is 1.39. The average molecular weight is 270 g/mol. The normalized spacial score (nSPS) is 17.0. The number of fused-ring (bicyclic) bond motifs is 1. The number of alkyl halides is 1. The Morgan fingerprint density at radius 3 is 3.07 bits per heavy atom. The van der Waals surface area contributed by atoms with Gasteiger partial charge in [-0.05, 0) is 19.9 Å². The molecule has 0 saturated carbocycles. The van der Waals surface area contributed by atoms with Crippen LogP contribution in [0.4, 0.5) is 0 Å². The molecule has 2 heterocycles. The van der Waals surface area contributed by atoms with Gasteiger partial charge in [-0.2, -0.15) is 0 Å². The molecule has 15 heavy (non-hydrogen) atoms. The molecule has 0 fully saturated rings. The van der Waals surface area contributed by atoms with Gasteiger partial charge in [0, 0.05) is 12.0 Å². The minimum Gasteiger partial charge on any atom is -0.486 e. The monoisotopic (exact) mass is 269 g/mol. The van der Waals surface area contributed by atoms with Gasteiger partial charge in [0.15, 0.2) is 5.78 Å². The lowest BCUT2D eigenvalue weighted by molar-refractivity contribution is 0.101. The molecule has 1 aliphatic rings. The van der Waals surface area contributed by atoms with E-state index in [1.165, 1.54) is 0 Å². The molecule has 3 nitrogen and oxygen atoms in total. The van der Waals surface area contributed by atoms with Crippen LogP contribution < -0.4 is 4.74 Å². The second-order valence-electron chi connectivity index (χ2n) is 4.27. The van der Waals surface area contributed by atoms with E-state index < -0.39 is 0 Å². The van der Waals surface area contributed by atoms with E-state index in [0.717, 1.165) is 17.7 Å². The quantitative estimate of drug-likeness (QED) is 0.611. The maximum absolute atomic E-state index is 11.4. The fraction of sp³-hybridized carbons (Fsp3) is 0.455. The van der Waals surface area contributed by atoms with E-state index in [4.69, 9.17) is 4.74 Å². The molecule has 4 heteroatoms. The van der Waals surface area contributed by atoms with Gasteiger partial charge in [0.2, 0.25) is 0 Å². The minimum absolute atomic E-state index is 0.00232. The molecule has 0 unspecified atom stereocenters. The highest BCUT2D eigenvalue weighted by Crippen LogP contribution is 2.34. The summed E-state index contributed by atoms with van der Waals surface area (Å²) in [4.78, 5) is 15.5. The van der Waals surface area contributed by atoms with Gasteiger partial charge in [0.25, 0.3) is 0 Å². The summed E-state index contributed by atoms with van der Waals surface area (Å²) < 4.78 is 5.68. The Morgan fingerprint density at radius 1 is 1.67 bits per heavy atom. The van der Waals surface area contributed by atoms with Crippen LogP contribution in [0.3, 0.4) is 0 Å². The number of carbonyl (C=O) groups excluding carboxylic acids is 1.